The largest absolute Gasteiger partial charge is 0.497 e. The standard InChI is InChI=1S/C24H38N6O2.HI/c1-5-32-22(20-8-6-7-9-20)14-15-25-24(27-17-23-29-28-18(2)30(23)3)26-16-19-10-12-21(31-4)13-11-19;/h10-13,20,22H,5-9,14-17H2,1-4H3,(H2,25,26,27);1H. The molecule has 9 heteroatoms. The molecule has 1 aliphatic carbocycles. The van der Waals surface area contributed by atoms with Gasteiger partial charge < -0.3 is 24.7 Å². The van der Waals surface area contributed by atoms with E-state index in [0.717, 1.165) is 48.5 Å². The molecular formula is C24H39IN6O2. The van der Waals surface area contributed by atoms with Crippen LogP contribution in [0.4, 0.5) is 0 Å². The molecule has 1 saturated carbocycles. The third-order valence-electron chi connectivity index (χ3n) is 6.20. The maximum Gasteiger partial charge on any atom is 0.191 e. The van der Waals surface area contributed by atoms with Crippen LogP contribution in [0.1, 0.15) is 56.2 Å². The molecule has 1 atom stereocenters. The van der Waals surface area contributed by atoms with Gasteiger partial charge in [-0.25, -0.2) is 4.99 Å². The van der Waals surface area contributed by atoms with E-state index >= 15 is 0 Å². The number of ether oxygens (including phenoxy) is 2. The van der Waals surface area contributed by atoms with E-state index in [4.69, 9.17) is 14.5 Å². The molecule has 1 aromatic carbocycles. The highest BCUT2D eigenvalue weighted by Crippen LogP contribution is 2.30. The van der Waals surface area contributed by atoms with Crippen molar-refractivity contribution >= 4 is 29.9 Å². The van der Waals surface area contributed by atoms with E-state index < -0.39 is 0 Å². The van der Waals surface area contributed by atoms with Gasteiger partial charge in [0.05, 0.1) is 26.3 Å². The SMILES string of the molecule is CCOC(CCNC(=NCc1ccc(OC)cc1)NCc1nnc(C)n1C)C1CCCC1.I. The van der Waals surface area contributed by atoms with Crippen molar-refractivity contribution in [2.24, 2.45) is 18.0 Å². The summed E-state index contributed by atoms with van der Waals surface area (Å²) in [5.74, 6) is 4.07. The molecular weight excluding hydrogens is 531 g/mol. The average molecular weight is 571 g/mol. The van der Waals surface area contributed by atoms with Crippen LogP contribution < -0.4 is 15.4 Å². The van der Waals surface area contributed by atoms with E-state index in [1.165, 1.54) is 25.7 Å². The summed E-state index contributed by atoms with van der Waals surface area (Å²) < 4.78 is 13.3. The number of guanidine groups is 1. The third kappa shape index (κ3) is 8.44. The van der Waals surface area contributed by atoms with Crippen molar-refractivity contribution < 1.29 is 9.47 Å². The van der Waals surface area contributed by atoms with Crippen LogP contribution in [0, 0.1) is 12.8 Å². The number of halogens is 1. The highest BCUT2D eigenvalue weighted by molar-refractivity contribution is 14.0. The van der Waals surface area contributed by atoms with Gasteiger partial charge in [-0.3, -0.25) is 0 Å². The molecule has 1 unspecified atom stereocenters. The number of hydrogen-bond acceptors (Lipinski definition) is 5. The molecule has 0 saturated heterocycles. The molecule has 0 bridgehead atoms. The predicted octanol–water partition coefficient (Wildman–Crippen LogP) is 3.97. The van der Waals surface area contributed by atoms with Crippen molar-refractivity contribution in [3.05, 3.63) is 41.5 Å². The molecule has 0 amide bonds. The molecule has 3 rings (SSSR count). The number of nitrogens with zero attached hydrogens (tertiary/aromatic N) is 4. The number of benzene rings is 1. The van der Waals surface area contributed by atoms with Gasteiger partial charge >= 0.3 is 0 Å². The Kier molecular flexibility index (Phi) is 11.9. The lowest BCUT2D eigenvalue weighted by molar-refractivity contribution is 0.0169. The van der Waals surface area contributed by atoms with Crippen LogP contribution >= 0.6 is 24.0 Å². The molecule has 2 aromatic rings. The Labute approximate surface area is 215 Å². The number of methoxy groups -OCH3 is 1. The second-order valence-corrected chi connectivity index (χ2v) is 8.34. The molecule has 2 N–H and O–H groups in total. The Morgan fingerprint density at radius 3 is 2.52 bits per heavy atom. The number of aromatic nitrogens is 3. The van der Waals surface area contributed by atoms with Crippen LogP contribution in [0.2, 0.25) is 0 Å². The fourth-order valence-corrected chi connectivity index (χ4v) is 4.17. The van der Waals surface area contributed by atoms with E-state index in [9.17, 15) is 0 Å². The van der Waals surface area contributed by atoms with Crippen molar-refractivity contribution in [2.45, 2.75) is 65.1 Å². The minimum atomic E-state index is 0. The van der Waals surface area contributed by atoms with Crippen LogP contribution in [-0.4, -0.2) is 47.1 Å². The zero-order valence-corrected chi connectivity index (χ0v) is 22.7. The summed E-state index contributed by atoms with van der Waals surface area (Å²) in [5, 5.41) is 15.3. The van der Waals surface area contributed by atoms with Gasteiger partial charge in [0.2, 0.25) is 0 Å². The molecule has 184 valence electrons. The maximum absolute atomic E-state index is 6.07. The van der Waals surface area contributed by atoms with Crippen LogP contribution in [0.5, 0.6) is 5.75 Å². The first-order chi connectivity index (χ1) is 15.6. The molecule has 1 fully saturated rings. The highest BCUT2D eigenvalue weighted by Gasteiger charge is 2.25. The second-order valence-electron chi connectivity index (χ2n) is 8.34. The lowest BCUT2D eigenvalue weighted by Gasteiger charge is -2.24. The Bertz CT molecular complexity index is 849. The lowest BCUT2D eigenvalue weighted by atomic mass is 9.98. The van der Waals surface area contributed by atoms with Crippen molar-refractivity contribution in [3.63, 3.8) is 0 Å². The van der Waals surface area contributed by atoms with Crippen molar-refractivity contribution in [1.29, 1.82) is 0 Å². The van der Waals surface area contributed by atoms with Gasteiger partial charge in [0.1, 0.15) is 11.6 Å². The Morgan fingerprint density at radius 2 is 1.91 bits per heavy atom. The van der Waals surface area contributed by atoms with E-state index in [2.05, 4.69) is 27.8 Å². The molecule has 1 aliphatic rings. The Hall–Kier alpha value is -1.88. The zero-order valence-electron chi connectivity index (χ0n) is 20.3. The highest BCUT2D eigenvalue weighted by atomic mass is 127. The maximum atomic E-state index is 6.07. The lowest BCUT2D eigenvalue weighted by Crippen LogP contribution is -2.39. The summed E-state index contributed by atoms with van der Waals surface area (Å²) in [6.45, 7) is 6.75. The van der Waals surface area contributed by atoms with Crippen molar-refractivity contribution in [2.75, 3.05) is 20.3 Å². The summed E-state index contributed by atoms with van der Waals surface area (Å²) in [4.78, 5) is 4.80. The van der Waals surface area contributed by atoms with Gasteiger partial charge in [-0.1, -0.05) is 25.0 Å². The van der Waals surface area contributed by atoms with Gasteiger partial charge in [0.15, 0.2) is 11.8 Å². The quantitative estimate of drug-likeness (QED) is 0.242. The molecule has 0 aliphatic heterocycles. The summed E-state index contributed by atoms with van der Waals surface area (Å²) in [5.41, 5.74) is 1.12. The fourth-order valence-electron chi connectivity index (χ4n) is 4.17. The third-order valence-corrected chi connectivity index (χ3v) is 6.20. The average Bonchev–Trinajstić information content (AvgIpc) is 3.46. The summed E-state index contributed by atoms with van der Waals surface area (Å²) in [6.07, 6.45) is 6.52. The predicted molar refractivity (Wildman–Crippen MR) is 142 cm³/mol. The van der Waals surface area contributed by atoms with E-state index in [-0.39, 0.29) is 24.0 Å². The molecule has 1 heterocycles. The minimum absolute atomic E-state index is 0. The van der Waals surface area contributed by atoms with Gasteiger partial charge in [-0.05, 0) is 56.7 Å². The monoisotopic (exact) mass is 570 g/mol. The molecule has 8 nitrogen and oxygen atoms in total. The van der Waals surface area contributed by atoms with Crippen LogP contribution in [0.15, 0.2) is 29.3 Å². The first-order valence-electron chi connectivity index (χ1n) is 11.7. The van der Waals surface area contributed by atoms with Crippen LogP contribution in [0.25, 0.3) is 0 Å². The topological polar surface area (TPSA) is 85.6 Å². The molecule has 0 spiro atoms. The number of hydrogen-bond donors (Lipinski definition) is 2. The zero-order chi connectivity index (χ0) is 22.8. The van der Waals surface area contributed by atoms with Crippen LogP contribution in [0.3, 0.4) is 0 Å². The first-order valence-corrected chi connectivity index (χ1v) is 11.7. The van der Waals surface area contributed by atoms with Crippen LogP contribution in [-0.2, 0) is 24.9 Å². The Morgan fingerprint density at radius 1 is 1.18 bits per heavy atom. The minimum Gasteiger partial charge on any atom is -0.497 e. The van der Waals surface area contributed by atoms with E-state index in [0.29, 0.717) is 25.1 Å². The number of rotatable bonds is 11. The number of aliphatic imine (C=N–C) groups is 1. The first kappa shape index (κ1) is 27.4. The summed E-state index contributed by atoms with van der Waals surface area (Å²) in [6, 6.07) is 8.00. The molecule has 1 aromatic heterocycles. The Balaban J connectivity index is 0.00000385. The van der Waals surface area contributed by atoms with Gasteiger partial charge in [0, 0.05) is 20.2 Å². The normalized spacial score (nSPS) is 15.2. The van der Waals surface area contributed by atoms with Gasteiger partial charge in [-0.15, -0.1) is 34.2 Å². The summed E-state index contributed by atoms with van der Waals surface area (Å²) in [7, 11) is 3.65. The second kappa shape index (κ2) is 14.4. The van der Waals surface area contributed by atoms with Crippen molar-refractivity contribution in [3.8, 4) is 5.75 Å². The fraction of sp³-hybridized carbons (Fsp3) is 0.625. The number of nitrogens with one attached hydrogen (secondary N) is 2. The molecule has 0 radical (unpaired) electrons. The summed E-state index contributed by atoms with van der Waals surface area (Å²) >= 11 is 0. The smallest absolute Gasteiger partial charge is 0.191 e. The molecule has 33 heavy (non-hydrogen) atoms. The number of aryl methyl sites for hydroxylation is 1. The van der Waals surface area contributed by atoms with Gasteiger partial charge in [-0.2, -0.15) is 0 Å². The van der Waals surface area contributed by atoms with E-state index in [1.54, 1.807) is 7.11 Å². The van der Waals surface area contributed by atoms with E-state index in [1.807, 2.05) is 42.8 Å². The van der Waals surface area contributed by atoms with Crippen molar-refractivity contribution in [1.82, 2.24) is 25.4 Å². The van der Waals surface area contributed by atoms with Gasteiger partial charge in [0.25, 0.3) is 0 Å².